The molecule has 1 heterocycles. The van der Waals surface area contributed by atoms with Crippen LogP contribution in [0.4, 0.5) is 0 Å². The SMILES string of the molecule is CCC1NC(=O)C(CC)N(C2(C)CCCC2)C1=O. The first kappa shape index (κ1) is 13.4. The number of rotatable bonds is 3. The lowest BCUT2D eigenvalue weighted by Crippen LogP contribution is -2.68. The van der Waals surface area contributed by atoms with E-state index in [-0.39, 0.29) is 29.4 Å². The van der Waals surface area contributed by atoms with Crippen molar-refractivity contribution in [2.45, 2.75) is 76.9 Å². The second-order valence-corrected chi connectivity index (χ2v) is 5.81. The van der Waals surface area contributed by atoms with Gasteiger partial charge in [-0.1, -0.05) is 26.7 Å². The Morgan fingerprint density at radius 2 is 1.83 bits per heavy atom. The van der Waals surface area contributed by atoms with Gasteiger partial charge in [-0.3, -0.25) is 9.59 Å². The molecule has 2 fully saturated rings. The van der Waals surface area contributed by atoms with Gasteiger partial charge < -0.3 is 10.2 Å². The third-order valence-corrected chi connectivity index (χ3v) is 4.52. The van der Waals surface area contributed by atoms with Gasteiger partial charge in [0.25, 0.3) is 0 Å². The van der Waals surface area contributed by atoms with E-state index in [0.29, 0.717) is 12.8 Å². The Bertz CT molecular complexity index is 348. The highest BCUT2D eigenvalue weighted by atomic mass is 16.2. The summed E-state index contributed by atoms with van der Waals surface area (Å²) in [7, 11) is 0. The van der Waals surface area contributed by atoms with Crippen molar-refractivity contribution in [3.8, 4) is 0 Å². The molecular weight excluding hydrogens is 228 g/mol. The van der Waals surface area contributed by atoms with Crippen LogP contribution in [0.1, 0.15) is 59.3 Å². The molecule has 0 spiro atoms. The standard InChI is InChI=1S/C14H24N2O2/c1-4-10-13(18)16(11(5-2)12(17)15-10)14(3)8-6-7-9-14/h10-11H,4-9H2,1-3H3,(H,15,17). The number of carbonyl (C=O) groups is 2. The van der Waals surface area contributed by atoms with Crippen LogP contribution < -0.4 is 5.32 Å². The highest BCUT2D eigenvalue weighted by Crippen LogP contribution is 2.38. The van der Waals surface area contributed by atoms with Crippen LogP contribution in [0.2, 0.25) is 0 Å². The summed E-state index contributed by atoms with van der Waals surface area (Å²) in [5.74, 6) is 0.144. The second-order valence-electron chi connectivity index (χ2n) is 5.81. The van der Waals surface area contributed by atoms with E-state index in [1.165, 1.54) is 0 Å². The fourth-order valence-corrected chi connectivity index (χ4v) is 3.43. The van der Waals surface area contributed by atoms with Crippen LogP contribution >= 0.6 is 0 Å². The third-order valence-electron chi connectivity index (χ3n) is 4.52. The summed E-state index contributed by atoms with van der Waals surface area (Å²) >= 11 is 0. The van der Waals surface area contributed by atoms with Crippen LogP contribution in [0.15, 0.2) is 0 Å². The molecule has 2 unspecified atom stereocenters. The first-order valence-corrected chi connectivity index (χ1v) is 7.17. The van der Waals surface area contributed by atoms with E-state index in [0.717, 1.165) is 25.7 Å². The van der Waals surface area contributed by atoms with Crippen molar-refractivity contribution >= 4 is 11.8 Å². The van der Waals surface area contributed by atoms with Crippen LogP contribution in [-0.2, 0) is 9.59 Å². The Kier molecular flexibility index (Phi) is 3.64. The van der Waals surface area contributed by atoms with Crippen LogP contribution in [0.25, 0.3) is 0 Å². The molecule has 0 aromatic carbocycles. The van der Waals surface area contributed by atoms with Gasteiger partial charge in [0.1, 0.15) is 12.1 Å². The highest BCUT2D eigenvalue weighted by molar-refractivity contribution is 5.97. The van der Waals surface area contributed by atoms with E-state index < -0.39 is 0 Å². The molecule has 1 N–H and O–H groups in total. The Hall–Kier alpha value is -1.06. The molecule has 2 aliphatic rings. The van der Waals surface area contributed by atoms with Crippen molar-refractivity contribution in [1.29, 1.82) is 0 Å². The topological polar surface area (TPSA) is 49.4 Å². The van der Waals surface area contributed by atoms with Crippen molar-refractivity contribution < 1.29 is 9.59 Å². The maximum absolute atomic E-state index is 12.6. The normalized spacial score (nSPS) is 31.6. The number of amides is 2. The maximum atomic E-state index is 12.6. The molecule has 2 atom stereocenters. The summed E-state index contributed by atoms with van der Waals surface area (Å²) in [6, 6.07) is -0.596. The zero-order valence-corrected chi connectivity index (χ0v) is 11.7. The van der Waals surface area contributed by atoms with Gasteiger partial charge in [-0.05, 0) is 32.6 Å². The van der Waals surface area contributed by atoms with Gasteiger partial charge >= 0.3 is 0 Å². The zero-order chi connectivity index (χ0) is 13.3. The fraction of sp³-hybridized carbons (Fsp3) is 0.857. The van der Waals surface area contributed by atoms with Crippen molar-refractivity contribution in [3.05, 3.63) is 0 Å². The van der Waals surface area contributed by atoms with Crippen LogP contribution in [-0.4, -0.2) is 34.3 Å². The minimum absolute atomic E-state index is 0.0251. The van der Waals surface area contributed by atoms with Gasteiger partial charge in [-0.25, -0.2) is 0 Å². The van der Waals surface area contributed by atoms with Gasteiger partial charge in [0, 0.05) is 5.54 Å². The fourth-order valence-electron chi connectivity index (χ4n) is 3.43. The Labute approximate surface area is 109 Å². The summed E-state index contributed by atoms with van der Waals surface area (Å²) in [6.07, 6.45) is 5.75. The molecule has 4 nitrogen and oxygen atoms in total. The van der Waals surface area contributed by atoms with Gasteiger partial charge in [-0.2, -0.15) is 0 Å². The lowest BCUT2D eigenvalue weighted by Gasteiger charge is -2.47. The van der Waals surface area contributed by atoms with Gasteiger partial charge in [0.2, 0.25) is 11.8 Å². The molecule has 18 heavy (non-hydrogen) atoms. The number of nitrogens with one attached hydrogen (secondary N) is 1. The lowest BCUT2D eigenvalue weighted by molar-refractivity contribution is -0.156. The van der Waals surface area contributed by atoms with Crippen LogP contribution in [0.3, 0.4) is 0 Å². The monoisotopic (exact) mass is 252 g/mol. The Morgan fingerprint density at radius 3 is 2.33 bits per heavy atom. The molecule has 2 rings (SSSR count). The molecule has 1 saturated carbocycles. The minimum atomic E-state index is -0.322. The molecule has 2 amide bonds. The van der Waals surface area contributed by atoms with E-state index in [2.05, 4.69) is 12.2 Å². The molecule has 0 aromatic heterocycles. The van der Waals surface area contributed by atoms with Gasteiger partial charge in [0.15, 0.2) is 0 Å². The van der Waals surface area contributed by atoms with Gasteiger partial charge in [0.05, 0.1) is 0 Å². The average molecular weight is 252 g/mol. The second kappa shape index (κ2) is 4.90. The van der Waals surface area contributed by atoms with Crippen LogP contribution in [0, 0.1) is 0 Å². The van der Waals surface area contributed by atoms with E-state index in [4.69, 9.17) is 0 Å². The summed E-state index contributed by atoms with van der Waals surface area (Å²) in [4.78, 5) is 26.6. The van der Waals surface area contributed by atoms with E-state index in [9.17, 15) is 9.59 Å². The van der Waals surface area contributed by atoms with E-state index >= 15 is 0 Å². The van der Waals surface area contributed by atoms with Crippen LogP contribution in [0.5, 0.6) is 0 Å². The van der Waals surface area contributed by atoms with Gasteiger partial charge in [-0.15, -0.1) is 0 Å². The summed E-state index contributed by atoms with van der Waals surface area (Å²) in [5.41, 5.74) is -0.108. The summed E-state index contributed by atoms with van der Waals surface area (Å²) < 4.78 is 0. The molecule has 1 aliphatic heterocycles. The van der Waals surface area contributed by atoms with Crippen molar-refractivity contribution in [2.75, 3.05) is 0 Å². The lowest BCUT2D eigenvalue weighted by atomic mass is 9.91. The first-order valence-electron chi connectivity index (χ1n) is 7.17. The Morgan fingerprint density at radius 1 is 1.22 bits per heavy atom. The summed E-state index contributed by atoms with van der Waals surface area (Å²) in [6.45, 7) is 6.07. The molecule has 0 bridgehead atoms. The number of hydrogen-bond acceptors (Lipinski definition) is 2. The maximum Gasteiger partial charge on any atom is 0.246 e. The van der Waals surface area contributed by atoms with E-state index in [1.807, 2.05) is 18.7 Å². The minimum Gasteiger partial charge on any atom is -0.343 e. The molecule has 102 valence electrons. The predicted octanol–water partition coefficient (Wildman–Crippen LogP) is 1.83. The molecule has 0 aromatic rings. The first-order chi connectivity index (χ1) is 8.53. The smallest absolute Gasteiger partial charge is 0.246 e. The highest BCUT2D eigenvalue weighted by Gasteiger charge is 2.48. The average Bonchev–Trinajstić information content (AvgIpc) is 2.78. The van der Waals surface area contributed by atoms with E-state index in [1.54, 1.807) is 0 Å². The quantitative estimate of drug-likeness (QED) is 0.833. The molecule has 1 aliphatic carbocycles. The largest absolute Gasteiger partial charge is 0.343 e. The third kappa shape index (κ3) is 2.02. The summed E-state index contributed by atoms with van der Waals surface area (Å²) in [5, 5.41) is 2.86. The molecule has 0 radical (unpaired) electrons. The zero-order valence-electron chi connectivity index (χ0n) is 11.7. The number of piperazine rings is 1. The predicted molar refractivity (Wildman–Crippen MR) is 70.0 cm³/mol. The molecule has 1 saturated heterocycles. The Balaban J connectivity index is 2.31. The molecular formula is C14H24N2O2. The number of carbonyl (C=O) groups excluding carboxylic acids is 2. The number of hydrogen-bond donors (Lipinski definition) is 1. The molecule has 4 heteroatoms. The van der Waals surface area contributed by atoms with Crippen molar-refractivity contribution in [1.82, 2.24) is 10.2 Å². The van der Waals surface area contributed by atoms with Crippen molar-refractivity contribution in [3.63, 3.8) is 0 Å². The van der Waals surface area contributed by atoms with Crippen molar-refractivity contribution in [2.24, 2.45) is 0 Å². The number of nitrogens with zero attached hydrogens (tertiary/aromatic N) is 1.